The largest absolute Gasteiger partial charge is 0.398 e. The van der Waals surface area contributed by atoms with Gasteiger partial charge in [0.2, 0.25) is 10.0 Å². The number of hydrogen-bond acceptors (Lipinski definition) is 3. The normalized spacial score (nSPS) is 20.1. The molecule has 21 heavy (non-hydrogen) atoms. The van der Waals surface area contributed by atoms with Crippen LogP contribution in [0.4, 0.5) is 5.69 Å². The van der Waals surface area contributed by atoms with Gasteiger partial charge in [-0.25, -0.2) is 8.42 Å². The van der Waals surface area contributed by atoms with Gasteiger partial charge in [0, 0.05) is 29.0 Å². The van der Waals surface area contributed by atoms with Gasteiger partial charge < -0.3 is 5.73 Å². The lowest BCUT2D eigenvalue weighted by atomic mass is 10.1. The summed E-state index contributed by atoms with van der Waals surface area (Å²) in [6, 6.07) is 10.9. The molecule has 1 unspecified atom stereocenters. The van der Waals surface area contributed by atoms with Gasteiger partial charge in [-0.15, -0.1) is 0 Å². The first-order valence-corrected chi connectivity index (χ1v) is 8.78. The quantitative estimate of drug-likeness (QED) is 0.887. The Morgan fingerprint density at radius 3 is 2.62 bits per heavy atom. The number of rotatable bonds is 3. The summed E-state index contributed by atoms with van der Waals surface area (Å²) in [5, 5.41) is 1.50. The predicted octanol–water partition coefficient (Wildman–Crippen LogP) is 2.99. The van der Waals surface area contributed by atoms with E-state index >= 15 is 0 Å². The minimum absolute atomic E-state index is 0.117. The number of fused-ring (bicyclic) bond motifs is 1. The number of anilines is 1. The molecule has 2 aromatic carbocycles. The smallest absolute Gasteiger partial charge is 0.243 e. The van der Waals surface area contributed by atoms with Crippen molar-refractivity contribution >= 4 is 26.5 Å². The first-order valence-electron chi connectivity index (χ1n) is 7.34. The number of nitrogen functional groups attached to an aromatic ring is 1. The van der Waals surface area contributed by atoms with Crippen LogP contribution in [0.5, 0.6) is 0 Å². The molecule has 1 atom stereocenters. The minimum Gasteiger partial charge on any atom is -0.398 e. The standard InChI is InChI=1S/C16H20N2O2S/c1-2-12-6-5-11-18(12)21(19,20)16-10-9-15(17)13-7-3-4-8-14(13)16/h3-4,7-10,12H,2,5-6,11,17H2,1H3. The highest BCUT2D eigenvalue weighted by Gasteiger charge is 2.35. The molecule has 1 heterocycles. The van der Waals surface area contributed by atoms with E-state index in [9.17, 15) is 8.42 Å². The Morgan fingerprint density at radius 1 is 1.19 bits per heavy atom. The molecule has 1 saturated heterocycles. The highest BCUT2D eigenvalue weighted by atomic mass is 32.2. The fourth-order valence-electron chi connectivity index (χ4n) is 3.18. The molecule has 0 amide bonds. The molecule has 2 aromatic rings. The molecule has 1 aliphatic rings. The topological polar surface area (TPSA) is 63.4 Å². The maximum absolute atomic E-state index is 13.0. The summed E-state index contributed by atoms with van der Waals surface area (Å²) >= 11 is 0. The van der Waals surface area contributed by atoms with Gasteiger partial charge in [0.15, 0.2) is 0 Å². The van der Waals surface area contributed by atoms with Gasteiger partial charge >= 0.3 is 0 Å². The molecule has 5 heteroatoms. The van der Waals surface area contributed by atoms with Crippen LogP contribution in [-0.4, -0.2) is 25.3 Å². The monoisotopic (exact) mass is 304 g/mol. The third kappa shape index (κ3) is 2.30. The zero-order chi connectivity index (χ0) is 15.0. The van der Waals surface area contributed by atoms with Crippen molar-refractivity contribution in [3.63, 3.8) is 0 Å². The number of sulfonamides is 1. The van der Waals surface area contributed by atoms with Crippen LogP contribution in [0.2, 0.25) is 0 Å². The van der Waals surface area contributed by atoms with Gasteiger partial charge in [-0.05, 0) is 31.4 Å². The van der Waals surface area contributed by atoms with Crippen LogP contribution in [0.1, 0.15) is 26.2 Å². The molecule has 112 valence electrons. The van der Waals surface area contributed by atoms with Crippen molar-refractivity contribution < 1.29 is 8.42 Å². The minimum atomic E-state index is -3.47. The first-order chi connectivity index (χ1) is 10.1. The Morgan fingerprint density at radius 2 is 1.90 bits per heavy atom. The maximum Gasteiger partial charge on any atom is 0.243 e. The summed E-state index contributed by atoms with van der Waals surface area (Å²) in [4.78, 5) is 0.368. The van der Waals surface area contributed by atoms with Gasteiger partial charge in [0.1, 0.15) is 0 Å². The van der Waals surface area contributed by atoms with E-state index in [-0.39, 0.29) is 6.04 Å². The SMILES string of the molecule is CCC1CCCN1S(=O)(=O)c1ccc(N)c2ccccc12. The molecule has 2 N–H and O–H groups in total. The Hall–Kier alpha value is -1.59. The zero-order valence-corrected chi connectivity index (χ0v) is 12.9. The predicted molar refractivity (Wildman–Crippen MR) is 85.6 cm³/mol. The highest BCUT2D eigenvalue weighted by Crippen LogP contribution is 2.33. The number of benzene rings is 2. The van der Waals surface area contributed by atoms with E-state index in [2.05, 4.69) is 0 Å². The number of nitrogens with two attached hydrogens (primary N) is 1. The Balaban J connectivity index is 2.18. The second kappa shape index (κ2) is 5.31. The summed E-state index contributed by atoms with van der Waals surface area (Å²) in [5.41, 5.74) is 6.58. The molecule has 0 aromatic heterocycles. The summed E-state index contributed by atoms with van der Waals surface area (Å²) in [6.45, 7) is 2.65. The Kier molecular flexibility index (Phi) is 3.63. The first kappa shape index (κ1) is 14.4. The molecule has 1 fully saturated rings. The van der Waals surface area contributed by atoms with E-state index in [0.29, 0.717) is 22.5 Å². The number of nitrogens with zero attached hydrogens (tertiary/aromatic N) is 1. The second-order valence-electron chi connectivity index (χ2n) is 5.52. The van der Waals surface area contributed by atoms with Crippen molar-refractivity contribution in [2.45, 2.75) is 37.1 Å². The average Bonchev–Trinajstić information content (AvgIpc) is 2.97. The van der Waals surface area contributed by atoms with E-state index in [1.54, 1.807) is 16.4 Å². The Labute approximate surface area is 125 Å². The lowest BCUT2D eigenvalue weighted by Gasteiger charge is -2.24. The third-order valence-corrected chi connectivity index (χ3v) is 6.31. The Bertz CT molecular complexity index is 771. The van der Waals surface area contributed by atoms with Crippen molar-refractivity contribution in [2.24, 2.45) is 0 Å². The molecule has 0 saturated carbocycles. The molecular formula is C16H20N2O2S. The van der Waals surface area contributed by atoms with E-state index in [4.69, 9.17) is 5.73 Å². The van der Waals surface area contributed by atoms with Crippen LogP contribution < -0.4 is 5.73 Å². The molecule has 0 bridgehead atoms. The molecule has 3 rings (SSSR count). The molecule has 1 aliphatic heterocycles. The van der Waals surface area contributed by atoms with E-state index < -0.39 is 10.0 Å². The highest BCUT2D eigenvalue weighted by molar-refractivity contribution is 7.89. The van der Waals surface area contributed by atoms with Crippen LogP contribution in [0.15, 0.2) is 41.3 Å². The average molecular weight is 304 g/mol. The molecule has 4 nitrogen and oxygen atoms in total. The summed E-state index contributed by atoms with van der Waals surface area (Å²) < 4.78 is 27.7. The van der Waals surface area contributed by atoms with Crippen molar-refractivity contribution in [3.8, 4) is 0 Å². The second-order valence-corrected chi connectivity index (χ2v) is 7.38. The lowest BCUT2D eigenvalue weighted by Crippen LogP contribution is -2.35. The zero-order valence-electron chi connectivity index (χ0n) is 12.1. The van der Waals surface area contributed by atoms with Crippen molar-refractivity contribution in [3.05, 3.63) is 36.4 Å². The van der Waals surface area contributed by atoms with Crippen LogP contribution in [0.25, 0.3) is 10.8 Å². The van der Waals surface area contributed by atoms with Crippen molar-refractivity contribution in [2.75, 3.05) is 12.3 Å². The van der Waals surface area contributed by atoms with Gasteiger partial charge in [0.25, 0.3) is 0 Å². The summed E-state index contributed by atoms with van der Waals surface area (Å²) in [5.74, 6) is 0. The van der Waals surface area contributed by atoms with Crippen LogP contribution >= 0.6 is 0 Å². The van der Waals surface area contributed by atoms with Crippen LogP contribution in [-0.2, 0) is 10.0 Å². The maximum atomic E-state index is 13.0. The lowest BCUT2D eigenvalue weighted by molar-refractivity contribution is 0.380. The van der Waals surface area contributed by atoms with Crippen molar-refractivity contribution in [1.29, 1.82) is 0 Å². The van der Waals surface area contributed by atoms with E-state index in [0.717, 1.165) is 24.6 Å². The van der Waals surface area contributed by atoms with Crippen LogP contribution in [0, 0.1) is 0 Å². The van der Waals surface area contributed by atoms with E-state index in [1.165, 1.54) is 0 Å². The molecule has 0 spiro atoms. The van der Waals surface area contributed by atoms with Crippen molar-refractivity contribution in [1.82, 2.24) is 4.31 Å². The number of hydrogen-bond donors (Lipinski definition) is 1. The van der Waals surface area contributed by atoms with E-state index in [1.807, 2.05) is 31.2 Å². The van der Waals surface area contributed by atoms with Gasteiger partial charge in [-0.2, -0.15) is 4.31 Å². The van der Waals surface area contributed by atoms with Gasteiger partial charge in [-0.3, -0.25) is 0 Å². The molecule has 0 aliphatic carbocycles. The van der Waals surface area contributed by atoms with Gasteiger partial charge in [-0.1, -0.05) is 31.2 Å². The molecular weight excluding hydrogens is 284 g/mol. The summed E-state index contributed by atoms with van der Waals surface area (Å²) in [6.07, 6.45) is 2.74. The molecule has 0 radical (unpaired) electrons. The van der Waals surface area contributed by atoms with Gasteiger partial charge in [0.05, 0.1) is 4.90 Å². The third-order valence-electron chi connectivity index (χ3n) is 4.30. The fourth-order valence-corrected chi connectivity index (χ4v) is 5.14. The summed E-state index contributed by atoms with van der Waals surface area (Å²) in [7, 11) is -3.47. The fraction of sp³-hybridized carbons (Fsp3) is 0.375. The van der Waals surface area contributed by atoms with Crippen LogP contribution in [0.3, 0.4) is 0 Å².